The second-order valence-corrected chi connectivity index (χ2v) is 5.08. The van der Waals surface area contributed by atoms with Gasteiger partial charge in [-0.25, -0.2) is 4.79 Å². The molecule has 1 aromatic carbocycles. The van der Waals surface area contributed by atoms with Crippen LogP contribution in [0.2, 0.25) is 0 Å². The van der Waals surface area contributed by atoms with Crippen LogP contribution in [-0.2, 0) is 4.79 Å². The quantitative estimate of drug-likeness (QED) is 0.912. The zero-order valence-corrected chi connectivity index (χ0v) is 12.1. The van der Waals surface area contributed by atoms with Crippen molar-refractivity contribution in [1.29, 1.82) is 0 Å². The average Bonchev–Trinajstić information content (AvgIpc) is 2.73. The van der Waals surface area contributed by atoms with Gasteiger partial charge >= 0.3 is 5.76 Å². The van der Waals surface area contributed by atoms with Crippen molar-refractivity contribution >= 4 is 17.0 Å². The maximum absolute atomic E-state index is 12.2. The summed E-state index contributed by atoms with van der Waals surface area (Å²) in [7, 11) is 0. The lowest BCUT2D eigenvalue weighted by Crippen LogP contribution is -2.39. The topological polar surface area (TPSA) is 64.2 Å². The van der Waals surface area contributed by atoms with E-state index in [2.05, 4.69) is 12.2 Å². The molecule has 0 saturated carbocycles. The van der Waals surface area contributed by atoms with Gasteiger partial charge in [-0.15, -0.1) is 0 Å². The van der Waals surface area contributed by atoms with Gasteiger partial charge in [-0.1, -0.05) is 25.5 Å². The van der Waals surface area contributed by atoms with E-state index in [4.69, 9.17) is 4.42 Å². The van der Waals surface area contributed by atoms with Crippen molar-refractivity contribution in [2.45, 2.75) is 45.7 Å². The number of amides is 1. The third-order valence-electron chi connectivity index (χ3n) is 3.40. The summed E-state index contributed by atoms with van der Waals surface area (Å²) in [6.45, 7) is 5.74. The number of rotatable bonds is 5. The van der Waals surface area contributed by atoms with E-state index < -0.39 is 11.8 Å². The SMILES string of the molecule is CCC[C@H](C)NC(=O)[C@H](C)n1c(=O)oc2ccccc21. The summed E-state index contributed by atoms with van der Waals surface area (Å²) in [5.74, 6) is -0.670. The molecule has 0 spiro atoms. The summed E-state index contributed by atoms with van der Waals surface area (Å²) in [6, 6.07) is 6.62. The number of para-hydroxylation sites is 2. The molecule has 0 aliphatic rings. The second-order valence-electron chi connectivity index (χ2n) is 5.08. The molecule has 20 heavy (non-hydrogen) atoms. The molecule has 2 aromatic rings. The number of hydrogen-bond donors (Lipinski definition) is 1. The van der Waals surface area contributed by atoms with Crippen LogP contribution in [0.3, 0.4) is 0 Å². The Morgan fingerprint density at radius 2 is 2.05 bits per heavy atom. The Morgan fingerprint density at radius 3 is 2.75 bits per heavy atom. The molecule has 0 bridgehead atoms. The molecule has 0 aliphatic heterocycles. The zero-order chi connectivity index (χ0) is 14.7. The van der Waals surface area contributed by atoms with Gasteiger partial charge in [0, 0.05) is 6.04 Å². The van der Waals surface area contributed by atoms with Crippen molar-refractivity contribution < 1.29 is 9.21 Å². The molecule has 5 heteroatoms. The largest absolute Gasteiger partial charge is 0.420 e. The van der Waals surface area contributed by atoms with E-state index in [-0.39, 0.29) is 11.9 Å². The first-order chi connectivity index (χ1) is 9.54. The number of hydrogen-bond acceptors (Lipinski definition) is 3. The molecule has 1 N–H and O–H groups in total. The van der Waals surface area contributed by atoms with Gasteiger partial charge in [-0.2, -0.15) is 0 Å². The molecule has 0 fully saturated rings. The molecular weight excluding hydrogens is 256 g/mol. The smallest absolute Gasteiger partial charge is 0.408 e. The predicted octanol–water partition coefficient (Wildman–Crippen LogP) is 2.46. The fourth-order valence-electron chi connectivity index (χ4n) is 2.34. The van der Waals surface area contributed by atoms with E-state index in [0.29, 0.717) is 11.1 Å². The molecular formula is C15H20N2O3. The molecule has 0 radical (unpaired) electrons. The van der Waals surface area contributed by atoms with E-state index in [0.717, 1.165) is 12.8 Å². The van der Waals surface area contributed by atoms with Crippen molar-refractivity contribution in [3.63, 3.8) is 0 Å². The van der Waals surface area contributed by atoms with Gasteiger partial charge in [0.2, 0.25) is 5.91 Å². The van der Waals surface area contributed by atoms with Crippen LogP contribution in [0.15, 0.2) is 33.5 Å². The van der Waals surface area contributed by atoms with Crippen LogP contribution in [0.5, 0.6) is 0 Å². The summed E-state index contributed by atoms with van der Waals surface area (Å²) < 4.78 is 6.54. The molecule has 0 aliphatic carbocycles. The van der Waals surface area contributed by atoms with Crippen LogP contribution < -0.4 is 11.1 Å². The Hall–Kier alpha value is -2.04. The maximum atomic E-state index is 12.2. The van der Waals surface area contributed by atoms with Crippen molar-refractivity contribution in [3.05, 3.63) is 34.8 Å². The first-order valence-corrected chi connectivity index (χ1v) is 6.95. The van der Waals surface area contributed by atoms with Gasteiger partial charge in [0.25, 0.3) is 0 Å². The molecule has 2 atom stereocenters. The number of carbonyl (C=O) groups is 1. The Bertz CT molecular complexity index is 656. The predicted molar refractivity (Wildman–Crippen MR) is 77.7 cm³/mol. The van der Waals surface area contributed by atoms with Crippen LogP contribution in [0.25, 0.3) is 11.1 Å². The summed E-state index contributed by atoms with van der Waals surface area (Å²) in [5.41, 5.74) is 1.14. The van der Waals surface area contributed by atoms with Crippen LogP contribution >= 0.6 is 0 Å². The number of nitrogens with one attached hydrogen (secondary N) is 1. The molecule has 0 saturated heterocycles. The summed E-state index contributed by atoms with van der Waals surface area (Å²) in [4.78, 5) is 24.1. The number of benzene rings is 1. The Morgan fingerprint density at radius 1 is 1.35 bits per heavy atom. The number of nitrogens with zero attached hydrogens (tertiary/aromatic N) is 1. The molecule has 1 heterocycles. The second kappa shape index (κ2) is 5.94. The van der Waals surface area contributed by atoms with Gasteiger partial charge in [-0.3, -0.25) is 9.36 Å². The minimum absolute atomic E-state index is 0.101. The van der Waals surface area contributed by atoms with Crippen molar-refractivity contribution in [2.75, 3.05) is 0 Å². The van der Waals surface area contributed by atoms with Crippen molar-refractivity contribution in [2.24, 2.45) is 0 Å². The molecule has 108 valence electrons. The minimum atomic E-state index is -0.592. The molecule has 1 aromatic heterocycles. The molecule has 2 rings (SSSR count). The van der Waals surface area contributed by atoms with Crippen LogP contribution in [0.1, 0.15) is 39.7 Å². The first-order valence-electron chi connectivity index (χ1n) is 6.95. The van der Waals surface area contributed by atoms with Crippen molar-refractivity contribution in [3.8, 4) is 0 Å². The fraction of sp³-hybridized carbons (Fsp3) is 0.467. The number of aromatic nitrogens is 1. The summed E-state index contributed by atoms with van der Waals surface area (Å²) >= 11 is 0. The van der Waals surface area contributed by atoms with E-state index in [1.54, 1.807) is 25.1 Å². The van der Waals surface area contributed by atoms with Gasteiger partial charge in [0.05, 0.1) is 5.52 Å². The highest BCUT2D eigenvalue weighted by atomic mass is 16.4. The maximum Gasteiger partial charge on any atom is 0.420 e. The minimum Gasteiger partial charge on any atom is -0.408 e. The lowest BCUT2D eigenvalue weighted by atomic mass is 10.2. The van der Waals surface area contributed by atoms with E-state index in [9.17, 15) is 9.59 Å². The number of fused-ring (bicyclic) bond motifs is 1. The third kappa shape index (κ3) is 2.76. The molecule has 1 amide bonds. The van der Waals surface area contributed by atoms with Gasteiger partial charge < -0.3 is 9.73 Å². The standard InChI is InChI=1S/C15H20N2O3/c1-4-7-10(2)16-14(18)11(3)17-12-8-5-6-9-13(12)20-15(17)19/h5-6,8-11H,4,7H2,1-3H3,(H,16,18)/t10-,11-/m0/s1. The van der Waals surface area contributed by atoms with Gasteiger partial charge in [0.1, 0.15) is 6.04 Å². The van der Waals surface area contributed by atoms with Gasteiger partial charge in [0.15, 0.2) is 5.58 Å². The Labute approximate surface area is 117 Å². The number of carbonyl (C=O) groups excluding carboxylic acids is 1. The summed E-state index contributed by atoms with van der Waals surface area (Å²) in [6.07, 6.45) is 1.92. The zero-order valence-electron chi connectivity index (χ0n) is 12.1. The van der Waals surface area contributed by atoms with E-state index in [1.165, 1.54) is 4.57 Å². The first kappa shape index (κ1) is 14.4. The average molecular weight is 276 g/mol. The van der Waals surface area contributed by atoms with Crippen LogP contribution in [0.4, 0.5) is 0 Å². The highest BCUT2D eigenvalue weighted by Crippen LogP contribution is 2.16. The monoisotopic (exact) mass is 276 g/mol. The Balaban J connectivity index is 2.27. The fourth-order valence-corrected chi connectivity index (χ4v) is 2.34. The van der Waals surface area contributed by atoms with Crippen LogP contribution in [0, 0.1) is 0 Å². The Kier molecular flexibility index (Phi) is 4.27. The van der Waals surface area contributed by atoms with E-state index >= 15 is 0 Å². The van der Waals surface area contributed by atoms with Gasteiger partial charge in [-0.05, 0) is 32.4 Å². The van der Waals surface area contributed by atoms with Crippen LogP contribution in [-0.4, -0.2) is 16.5 Å². The highest BCUT2D eigenvalue weighted by Gasteiger charge is 2.21. The highest BCUT2D eigenvalue weighted by molar-refractivity contribution is 5.83. The third-order valence-corrected chi connectivity index (χ3v) is 3.40. The summed E-state index contributed by atoms with van der Waals surface area (Å²) in [5, 5.41) is 2.92. The lowest BCUT2D eigenvalue weighted by molar-refractivity contribution is -0.124. The lowest BCUT2D eigenvalue weighted by Gasteiger charge is -2.17. The van der Waals surface area contributed by atoms with Crippen molar-refractivity contribution in [1.82, 2.24) is 9.88 Å². The number of oxazole rings is 1. The van der Waals surface area contributed by atoms with E-state index in [1.807, 2.05) is 13.0 Å². The molecule has 5 nitrogen and oxygen atoms in total. The normalized spacial score (nSPS) is 14.2. The molecule has 0 unspecified atom stereocenters.